The van der Waals surface area contributed by atoms with Crippen molar-refractivity contribution in [3.63, 3.8) is 0 Å². The molecule has 0 radical (unpaired) electrons. The molecule has 0 saturated heterocycles. The van der Waals surface area contributed by atoms with Crippen LogP contribution in [0.1, 0.15) is 16.8 Å². The van der Waals surface area contributed by atoms with Crippen LogP contribution in [0.3, 0.4) is 0 Å². The number of halogens is 4. The van der Waals surface area contributed by atoms with Crippen molar-refractivity contribution < 1.29 is 25.5 Å². The second kappa shape index (κ2) is 4.16. The van der Waals surface area contributed by atoms with E-state index >= 15 is 0 Å². The summed E-state index contributed by atoms with van der Waals surface area (Å²) in [5.41, 5.74) is -0.528. The Morgan fingerprint density at radius 2 is 2.00 bits per heavy atom. The van der Waals surface area contributed by atoms with Crippen molar-refractivity contribution >= 4 is 10.4 Å². The average Bonchev–Trinajstić information content (AvgIpc) is 2.25. The fourth-order valence-electron chi connectivity index (χ4n) is 1.74. The fourth-order valence-corrected chi connectivity index (χ4v) is 2.34. The van der Waals surface area contributed by atoms with Gasteiger partial charge in [0.05, 0.1) is 5.56 Å². The molecule has 0 aromatic carbocycles. The van der Waals surface area contributed by atoms with Gasteiger partial charge in [0.1, 0.15) is 0 Å². The summed E-state index contributed by atoms with van der Waals surface area (Å²) in [5.74, 6) is 0. The van der Waals surface area contributed by atoms with E-state index in [2.05, 4.69) is 4.98 Å². The first-order valence-corrected chi connectivity index (χ1v) is 6.26. The summed E-state index contributed by atoms with van der Waals surface area (Å²) >= 11 is 0. The first-order chi connectivity index (χ1) is 8.18. The predicted molar refractivity (Wildman–Crippen MR) is 53.4 cm³/mol. The lowest BCUT2D eigenvalue weighted by molar-refractivity contribution is -0.137. The molecule has 0 fully saturated rings. The normalized spacial score (nSPS) is 17.6. The highest BCUT2D eigenvalue weighted by Gasteiger charge is 2.33. The van der Waals surface area contributed by atoms with Gasteiger partial charge in [0.15, 0.2) is 0 Å². The number of nitrogens with zero attached hydrogens (tertiary/aromatic N) is 2. The first kappa shape index (κ1) is 13.2. The molecule has 0 spiro atoms. The molecule has 1 aromatic rings. The second-order valence-electron chi connectivity index (χ2n) is 3.85. The Balaban J connectivity index is 2.36. The van der Waals surface area contributed by atoms with Gasteiger partial charge in [-0.1, -0.05) is 3.89 Å². The number of hydrogen-bond acceptors (Lipinski definition) is 3. The molecular weight excluding hydrogens is 276 g/mol. The van der Waals surface area contributed by atoms with Crippen LogP contribution in [0.5, 0.6) is 0 Å². The van der Waals surface area contributed by atoms with E-state index in [4.69, 9.17) is 0 Å². The topological polar surface area (TPSA) is 50.3 Å². The SMILES string of the molecule is O=S(=O)(F)N1CCc2ncc(C(F)(F)F)cc2C1. The van der Waals surface area contributed by atoms with Crippen molar-refractivity contribution in [2.24, 2.45) is 0 Å². The lowest BCUT2D eigenvalue weighted by atomic mass is 10.1. The number of alkyl halides is 3. The summed E-state index contributed by atoms with van der Waals surface area (Å²) in [7, 11) is -4.89. The van der Waals surface area contributed by atoms with Crippen molar-refractivity contribution in [1.82, 2.24) is 9.29 Å². The Kier molecular flexibility index (Phi) is 3.06. The largest absolute Gasteiger partial charge is 0.417 e. The van der Waals surface area contributed by atoms with Crippen LogP contribution in [0.25, 0.3) is 0 Å². The van der Waals surface area contributed by atoms with Crippen molar-refractivity contribution in [2.45, 2.75) is 19.1 Å². The van der Waals surface area contributed by atoms with Crippen molar-refractivity contribution in [3.05, 3.63) is 29.1 Å². The summed E-state index contributed by atoms with van der Waals surface area (Å²) in [4.78, 5) is 3.64. The van der Waals surface area contributed by atoms with E-state index in [-0.39, 0.29) is 18.5 Å². The Morgan fingerprint density at radius 1 is 1.33 bits per heavy atom. The molecule has 0 amide bonds. The summed E-state index contributed by atoms with van der Waals surface area (Å²) in [5, 5.41) is 0. The lowest BCUT2D eigenvalue weighted by Gasteiger charge is -2.24. The fraction of sp³-hybridized carbons (Fsp3) is 0.444. The van der Waals surface area contributed by atoms with Gasteiger partial charge in [-0.2, -0.15) is 25.9 Å². The van der Waals surface area contributed by atoms with Crippen molar-refractivity contribution in [1.29, 1.82) is 0 Å². The van der Waals surface area contributed by atoms with E-state index < -0.39 is 28.7 Å². The van der Waals surface area contributed by atoms with Crippen molar-refractivity contribution in [3.8, 4) is 0 Å². The third kappa shape index (κ3) is 2.61. The molecule has 1 aromatic heterocycles. The van der Waals surface area contributed by atoms with Gasteiger partial charge in [-0.05, 0) is 11.6 Å². The molecular formula is C9H8F4N2O2S. The summed E-state index contributed by atoms with van der Waals surface area (Å²) in [6.45, 7) is -0.546. The minimum Gasteiger partial charge on any atom is -0.260 e. The second-order valence-corrected chi connectivity index (χ2v) is 5.19. The van der Waals surface area contributed by atoms with Crippen LogP contribution in [0, 0.1) is 0 Å². The van der Waals surface area contributed by atoms with E-state index in [0.29, 0.717) is 16.2 Å². The van der Waals surface area contributed by atoms with Gasteiger partial charge >= 0.3 is 16.6 Å². The lowest BCUT2D eigenvalue weighted by Crippen LogP contribution is -2.34. The Labute approximate surface area is 101 Å². The number of aromatic nitrogens is 1. The molecule has 2 heterocycles. The number of pyridine rings is 1. The smallest absolute Gasteiger partial charge is 0.260 e. The molecule has 0 saturated carbocycles. The standard InChI is InChI=1S/C9H8F4N2O2S/c10-9(11,12)7-3-6-5-15(18(13,16)17)2-1-8(6)14-4-7/h3-4H,1-2,5H2. The van der Waals surface area contributed by atoms with Crippen LogP contribution in [-0.2, 0) is 29.6 Å². The van der Waals surface area contributed by atoms with Gasteiger partial charge in [-0.25, -0.2) is 0 Å². The molecule has 0 N–H and O–H groups in total. The molecule has 0 aliphatic carbocycles. The maximum absolute atomic E-state index is 12.8. The summed E-state index contributed by atoms with van der Waals surface area (Å²) in [6.07, 6.45) is -3.77. The zero-order valence-corrected chi connectivity index (χ0v) is 9.72. The Morgan fingerprint density at radius 3 is 2.56 bits per heavy atom. The number of hydrogen-bond donors (Lipinski definition) is 0. The molecule has 4 nitrogen and oxygen atoms in total. The molecule has 1 aliphatic heterocycles. The molecule has 9 heteroatoms. The van der Waals surface area contributed by atoms with Gasteiger partial charge in [0, 0.05) is 31.4 Å². The minimum atomic E-state index is -4.89. The van der Waals surface area contributed by atoms with E-state index in [1.165, 1.54) is 0 Å². The van der Waals surface area contributed by atoms with E-state index in [9.17, 15) is 25.5 Å². The van der Waals surface area contributed by atoms with Crippen LogP contribution in [0.4, 0.5) is 17.1 Å². The van der Waals surface area contributed by atoms with Gasteiger partial charge in [0.2, 0.25) is 0 Å². The predicted octanol–water partition coefficient (Wildman–Crippen LogP) is 1.67. The first-order valence-electron chi connectivity index (χ1n) is 4.92. The third-order valence-corrected chi connectivity index (χ3v) is 3.57. The minimum absolute atomic E-state index is 0.0808. The average molecular weight is 284 g/mol. The Bertz CT molecular complexity index is 570. The van der Waals surface area contributed by atoms with Gasteiger partial charge < -0.3 is 0 Å². The molecule has 0 atom stereocenters. The quantitative estimate of drug-likeness (QED) is 0.582. The van der Waals surface area contributed by atoms with Crippen LogP contribution < -0.4 is 0 Å². The van der Waals surface area contributed by atoms with Crippen LogP contribution in [-0.4, -0.2) is 24.3 Å². The van der Waals surface area contributed by atoms with Gasteiger partial charge in [-0.3, -0.25) is 4.98 Å². The van der Waals surface area contributed by atoms with Crippen LogP contribution in [0.2, 0.25) is 0 Å². The molecule has 0 unspecified atom stereocenters. The van der Waals surface area contributed by atoms with E-state index in [1.807, 2.05) is 0 Å². The zero-order valence-electron chi connectivity index (χ0n) is 8.91. The van der Waals surface area contributed by atoms with Gasteiger partial charge in [-0.15, -0.1) is 0 Å². The zero-order chi connectivity index (χ0) is 13.6. The summed E-state index contributed by atoms with van der Waals surface area (Å²) < 4.78 is 72.0. The summed E-state index contributed by atoms with van der Waals surface area (Å²) in [6, 6.07) is 0.805. The van der Waals surface area contributed by atoms with Crippen molar-refractivity contribution in [2.75, 3.05) is 6.54 Å². The monoisotopic (exact) mass is 284 g/mol. The molecule has 100 valence electrons. The molecule has 0 bridgehead atoms. The molecule has 2 rings (SSSR count). The van der Waals surface area contributed by atoms with Crippen LogP contribution >= 0.6 is 0 Å². The molecule has 18 heavy (non-hydrogen) atoms. The maximum Gasteiger partial charge on any atom is 0.417 e. The highest BCUT2D eigenvalue weighted by atomic mass is 32.3. The third-order valence-electron chi connectivity index (χ3n) is 2.64. The maximum atomic E-state index is 12.8. The number of fused-ring (bicyclic) bond motifs is 1. The highest BCUT2D eigenvalue weighted by Crippen LogP contribution is 2.31. The van der Waals surface area contributed by atoms with Crippen LogP contribution in [0.15, 0.2) is 12.3 Å². The molecule has 1 aliphatic rings. The van der Waals surface area contributed by atoms with E-state index in [1.54, 1.807) is 0 Å². The highest BCUT2D eigenvalue weighted by molar-refractivity contribution is 7.83. The van der Waals surface area contributed by atoms with Gasteiger partial charge in [0.25, 0.3) is 0 Å². The number of rotatable bonds is 1. The van der Waals surface area contributed by atoms with E-state index in [0.717, 1.165) is 6.07 Å². The Hall–Kier alpha value is -1.22.